The lowest BCUT2D eigenvalue weighted by atomic mass is 10.0. The summed E-state index contributed by atoms with van der Waals surface area (Å²) in [7, 11) is 1.50. The molecule has 0 aliphatic rings. The summed E-state index contributed by atoms with van der Waals surface area (Å²) >= 11 is 0. The number of aromatic nitrogens is 1. The van der Waals surface area contributed by atoms with Crippen molar-refractivity contribution in [2.75, 3.05) is 25.5 Å². The van der Waals surface area contributed by atoms with Crippen LogP contribution in [0.3, 0.4) is 0 Å². The third-order valence-electron chi connectivity index (χ3n) is 4.90. The van der Waals surface area contributed by atoms with E-state index in [0.717, 1.165) is 6.07 Å². The highest BCUT2D eigenvalue weighted by Crippen LogP contribution is 2.35. The fourth-order valence-corrected chi connectivity index (χ4v) is 3.07. The summed E-state index contributed by atoms with van der Waals surface area (Å²) in [5, 5.41) is 44.1. The number of likely N-dealkylation sites (N-methyl/N-ethyl adjacent to an activating group) is 1. The minimum absolute atomic E-state index is 0.0749. The molecule has 6 N–H and O–H groups in total. The number of hydrogen-bond donors (Lipinski definition) is 6. The van der Waals surface area contributed by atoms with Gasteiger partial charge in [0.1, 0.15) is 35.8 Å². The molecular formula is C21H26F3N3O6. The average molecular weight is 473 g/mol. The Morgan fingerprint density at radius 1 is 1.15 bits per heavy atom. The monoisotopic (exact) mass is 473 g/mol. The van der Waals surface area contributed by atoms with E-state index < -0.39 is 48.7 Å². The fourth-order valence-electron chi connectivity index (χ4n) is 3.07. The second-order valence-corrected chi connectivity index (χ2v) is 7.23. The van der Waals surface area contributed by atoms with Gasteiger partial charge in [-0.05, 0) is 43.8 Å². The summed E-state index contributed by atoms with van der Waals surface area (Å²) in [4.78, 5) is 16.8. The number of anilines is 2. The third kappa shape index (κ3) is 6.62. The summed E-state index contributed by atoms with van der Waals surface area (Å²) in [5.41, 5.74) is -1.01. The van der Waals surface area contributed by atoms with Crippen LogP contribution in [0.15, 0.2) is 36.5 Å². The van der Waals surface area contributed by atoms with Crippen molar-refractivity contribution in [2.45, 2.75) is 37.5 Å². The van der Waals surface area contributed by atoms with Crippen molar-refractivity contribution in [3.05, 3.63) is 53.2 Å². The summed E-state index contributed by atoms with van der Waals surface area (Å²) in [5.74, 6) is -1.07. The van der Waals surface area contributed by atoms with Gasteiger partial charge in [-0.15, -0.1) is 0 Å². The molecule has 0 spiro atoms. The van der Waals surface area contributed by atoms with Gasteiger partial charge in [0.05, 0.1) is 12.2 Å². The Bertz CT molecular complexity index is 944. The number of pyridine rings is 1. The number of carbonyl (C=O) groups is 1. The number of alkyl halides is 3. The second-order valence-electron chi connectivity index (χ2n) is 7.23. The van der Waals surface area contributed by atoms with Crippen molar-refractivity contribution in [1.82, 2.24) is 10.3 Å². The third-order valence-corrected chi connectivity index (χ3v) is 4.90. The SMILES string of the molecule is CNC[C@H](OC(=O)c1cccnc1Nc1cccc(C(F)(F)F)c1C)[C@@H](O)[C@H](O)[C@H](O)CO. The molecule has 2 rings (SSSR count). The van der Waals surface area contributed by atoms with Gasteiger partial charge in [-0.1, -0.05) is 6.07 Å². The number of rotatable bonds is 10. The van der Waals surface area contributed by atoms with Crippen molar-refractivity contribution in [3.8, 4) is 0 Å². The van der Waals surface area contributed by atoms with Crippen molar-refractivity contribution in [1.29, 1.82) is 0 Å². The molecule has 1 aromatic heterocycles. The number of nitrogens with one attached hydrogen (secondary N) is 2. The largest absolute Gasteiger partial charge is 0.454 e. The van der Waals surface area contributed by atoms with E-state index in [1.54, 1.807) is 0 Å². The number of ether oxygens (including phenoxy) is 1. The van der Waals surface area contributed by atoms with Gasteiger partial charge in [-0.2, -0.15) is 13.2 Å². The van der Waals surface area contributed by atoms with Crippen LogP contribution in [0.1, 0.15) is 21.5 Å². The fraction of sp³-hybridized carbons (Fsp3) is 0.429. The Morgan fingerprint density at radius 2 is 1.85 bits per heavy atom. The smallest absolute Gasteiger partial charge is 0.416 e. The Labute approximate surface area is 187 Å². The van der Waals surface area contributed by atoms with Crippen LogP contribution in [0, 0.1) is 6.92 Å². The molecule has 0 aliphatic heterocycles. The molecule has 33 heavy (non-hydrogen) atoms. The molecule has 0 bridgehead atoms. The van der Waals surface area contributed by atoms with Gasteiger partial charge in [0, 0.05) is 18.4 Å². The zero-order valence-corrected chi connectivity index (χ0v) is 17.9. The molecule has 0 saturated heterocycles. The first-order valence-electron chi connectivity index (χ1n) is 9.90. The van der Waals surface area contributed by atoms with E-state index in [1.165, 1.54) is 44.4 Å². The lowest BCUT2D eigenvalue weighted by molar-refractivity contribution is -0.138. The van der Waals surface area contributed by atoms with Gasteiger partial charge >= 0.3 is 12.1 Å². The van der Waals surface area contributed by atoms with Gasteiger partial charge in [-0.25, -0.2) is 9.78 Å². The van der Waals surface area contributed by atoms with Crippen molar-refractivity contribution in [2.24, 2.45) is 0 Å². The molecule has 0 aliphatic carbocycles. The van der Waals surface area contributed by atoms with E-state index in [2.05, 4.69) is 15.6 Å². The maximum Gasteiger partial charge on any atom is 0.416 e. The zero-order valence-electron chi connectivity index (χ0n) is 17.9. The number of esters is 1. The molecule has 1 heterocycles. The number of hydrogen-bond acceptors (Lipinski definition) is 9. The van der Waals surface area contributed by atoms with Crippen molar-refractivity contribution in [3.63, 3.8) is 0 Å². The molecular weight excluding hydrogens is 447 g/mol. The normalized spacial score (nSPS) is 15.4. The number of aliphatic hydroxyl groups is 4. The summed E-state index contributed by atoms with van der Waals surface area (Å²) in [6, 6.07) is 6.28. The van der Waals surface area contributed by atoms with E-state index in [4.69, 9.17) is 9.84 Å². The Morgan fingerprint density at radius 3 is 2.45 bits per heavy atom. The van der Waals surface area contributed by atoms with Crippen molar-refractivity contribution < 1.29 is 43.1 Å². The molecule has 4 atom stereocenters. The summed E-state index contributed by atoms with van der Waals surface area (Å²) in [6.45, 7) is 0.336. The molecule has 0 saturated carbocycles. The molecule has 9 nitrogen and oxygen atoms in total. The first kappa shape index (κ1) is 26.5. The highest BCUT2D eigenvalue weighted by atomic mass is 19.4. The zero-order chi connectivity index (χ0) is 24.8. The highest BCUT2D eigenvalue weighted by molar-refractivity contribution is 5.95. The first-order valence-corrected chi connectivity index (χ1v) is 9.90. The van der Waals surface area contributed by atoms with Gasteiger partial charge in [0.25, 0.3) is 0 Å². The molecule has 2 aromatic rings. The van der Waals surface area contributed by atoms with E-state index in [0.29, 0.717) is 0 Å². The van der Waals surface area contributed by atoms with Gasteiger partial charge in [0.15, 0.2) is 0 Å². The van der Waals surface area contributed by atoms with Crippen LogP contribution in [-0.4, -0.2) is 76.0 Å². The average Bonchev–Trinajstić information content (AvgIpc) is 2.78. The first-order chi connectivity index (χ1) is 15.5. The molecule has 182 valence electrons. The predicted octanol–water partition coefficient (Wildman–Crippen LogP) is 0.972. The number of carbonyl (C=O) groups excluding carboxylic acids is 1. The summed E-state index contributed by atoms with van der Waals surface area (Å²) < 4.78 is 44.9. The van der Waals surface area contributed by atoms with Crippen LogP contribution in [0.5, 0.6) is 0 Å². The van der Waals surface area contributed by atoms with E-state index in [-0.39, 0.29) is 29.2 Å². The number of aliphatic hydroxyl groups excluding tert-OH is 4. The second kappa shape index (κ2) is 11.4. The van der Waals surface area contributed by atoms with Crippen LogP contribution in [-0.2, 0) is 10.9 Å². The molecule has 12 heteroatoms. The van der Waals surface area contributed by atoms with E-state index in [9.17, 15) is 33.3 Å². The molecule has 1 aromatic carbocycles. The van der Waals surface area contributed by atoms with Crippen LogP contribution in [0.2, 0.25) is 0 Å². The molecule has 0 unspecified atom stereocenters. The van der Waals surface area contributed by atoms with Gasteiger partial charge in [-0.3, -0.25) is 0 Å². The van der Waals surface area contributed by atoms with Gasteiger partial charge < -0.3 is 35.8 Å². The van der Waals surface area contributed by atoms with Crippen LogP contribution < -0.4 is 10.6 Å². The van der Waals surface area contributed by atoms with Gasteiger partial charge in [0.2, 0.25) is 0 Å². The molecule has 0 amide bonds. The van der Waals surface area contributed by atoms with Crippen LogP contribution >= 0.6 is 0 Å². The standard InChI is InChI=1S/C21H26F3N3O6/c1-11-13(21(22,23)24)6-3-7-14(11)27-19-12(5-4-8-26-19)20(32)33-16(9-25-2)18(31)17(30)15(29)10-28/h3-8,15-18,25,28-31H,9-10H2,1-2H3,(H,26,27)/t15-,16+,17-,18-/m1/s1. The minimum Gasteiger partial charge on any atom is -0.454 e. The number of halogens is 3. The van der Waals surface area contributed by atoms with Crippen LogP contribution in [0.4, 0.5) is 24.7 Å². The lowest BCUT2D eigenvalue weighted by Gasteiger charge is -2.28. The Kier molecular flexibility index (Phi) is 9.14. The Balaban J connectivity index is 2.30. The Hall–Kier alpha value is -2.77. The lowest BCUT2D eigenvalue weighted by Crippen LogP contribution is -2.50. The van der Waals surface area contributed by atoms with E-state index in [1.807, 2.05) is 0 Å². The quantitative estimate of drug-likeness (QED) is 0.278. The number of benzene rings is 1. The summed E-state index contributed by atoms with van der Waals surface area (Å²) in [6.07, 6.45) is -9.80. The van der Waals surface area contributed by atoms with Crippen LogP contribution in [0.25, 0.3) is 0 Å². The number of nitrogens with zero attached hydrogens (tertiary/aromatic N) is 1. The van der Waals surface area contributed by atoms with E-state index >= 15 is 0 Å². The maximum absolute atomic E-state index is 13.2. The predicted molar refractivity (Wildman–Crippen MR) is 112 cm³/mol. The highest BCUT2D eigenvalue weighted by Gasteiger charge is 2.35. The van der Waals surface area contributed by atoms with Crippen molar-refractivity contribution >= 4 is 17.5 Å². The topological polar surface area (TPSA) is 144 Å². The molecule has 0 radical (unpaired) electrons. The maximum atomic E-state index is 13.2. The molecule has 0 fully saturated rings. The minimum atomic E-state index is -4.57.